The van der Waals surface area contributed by atoms with E-state index < -0.39 is 16.8 Å². The molecule has 0 rings (SSSR count). The van der Waals surface area contributed by atoms with Gasteiger partial charge in [-0.1, -0.05) is 0 Å². The predicted octanol–water partition coefficient (Wildman–Crippen LogP) is 2.11. The van der Waals surface area contributed by atoms with Crippen LogP contribution in [0.3, 0.4) is 0 Å². The summed E-state index contributed by atoms with van der Waals surface area (Å²) in [5, 5.41) is 0. The number of hydrogen-bond donors (Lipinski definition) is 0. The molecule has 0 aromatic rings. The first kappa shape index (κ1) is 9.80. The van der Waals surface area contributed by atoms with E-state index in [0.717, 1.165) is 15.9 Å². The summed E-state index contributed by atoms with van der Waals surface area (Å²) in [6.07, 6.45) is 0. The van der Waals surface area contributed by atoms with Crippen molar-refractivity contribution < 1.29 is 26.7 Å². The average Bonchev–Trinajstić information content (AvgIpc) is 1.62. The van der Waals surface area contributed by atoms with E-state index in [-0.39, 0.29) is 0 Å². The van der Waals surface area contributed by atoms with Gasteiger partial charge in [-0.25, -0.2) is 0 Å². The lowest BCUT2D eigenvalue weighted by Crippen LogP contribution is -2.40. The van der Waals surface area contributed by atoms with Gasteiger partial charge in [-0.15, -0.1) is 0 Å². The number of carbonyl (C=O) groups is 1. The number of halogens is 6. The highest BCUT2D eigenvalue weighted by Crippen LogP contribution is 2.40. The zero-order valence-corrected chi connectivity index (χ0v) is 5.76. The van der Waals surface area contributed by atoms with Gasteiger partial charge < -0.3 is 0 Å². The Morgan fingerprint density at radius 2 is 1.50 bits per heavy atom. The van der Waals surface area contributed by atoms with E-state index in [1.807, 2.05) is 0 Å². The van der Waals surface area contributed by atoms with Crippen LogP contribution in [0.25, 0.3) is 0 Å². The van der Waals surface area contributed by atoms with Crippen molar-refractivity contribution in [1.29, 1.82) is 0 Å². The van der Waals surface area contributed by atoms with Gasteiger partial charge in [0.25, 0.3) is 0 Å². The van der Waals surface area contributed by atoms with E-state index in [9.17, 15) is 26.7 Å². The zero-order valence-electron chi connectivity index (χ0n) is 4.18. The van der Waals surface area contributed by atoms with Gasteiger partial charge in [0, 0.05) is 0 Å². The molecule has 0 unspecified atom stereocenters. The van der Waals surface area contributed by atoms with Gasteiger partial charge in [0.2, 0.25) is 0 Å². The highest BCUT2D eigenvalue weighted by molar-refractivity contribution is 9.10. The van der Waals surface area contributed by atoms with Crippen molar-refractivity contribution in [3.63, 3.8) is 0 Å². The maximum atomic E-state index is 11.5. The van der Waals surface area contributed by atoms with Crippen molar-refractivity contribution in [3.8, 4) is 0 Å². The molecule has 0 fully saturated rings. The van der Waals surface area contributed by atoms with E-state index >= 15 is 0 Å². The molecule has 0 bridgehead atoms. The number of hydrogen-bond acceptors (Lipinski definition) is 1. The lowest BCUT2D eigenvalue weighted by molar-refractivity contribution is -0.185. The molecule has 1 nitrogen and oxygen atoms in total. The Bertz CT molecular complexity index is 149. The minimum atomic E-state index is -5.28. The third kappa shape index (κ3) is 1.65. The van der Waals surface area contributed by atoms with Crippen LogP contribution in [0.2, 0.25) is 0 Å². The second kappa shape index (κ2) is 2.44. The molecule has 0 saturated heterocycles. The SMILES string of the molecule is O=C(F)C(F)(F)C(F)(F)Br. The van der Waals surface area contributed by atoms with Gasteiger partial charge in [0.1, 0.15) is 0 Å². The summed E-state index contributed by atoms with van der Waals surface area (Å²) in [5.41, 5.74) is 0. The topological polar surface area (TPSA) is 17.1 Å². The van der Waals surface area contributed by atoms with Crippen LogP contribution in [0, 0.1) is 0 Å². The first-order valence-corrected chi connectivity index (χ1v) is 2.63. The average molecular weight is 227 g/mol. The van der Waals surface area contributed by atoms with Crippen LogP contribution in [0.4, 0.5) is 22.0 Å². The number of rotatable bonds is 2. The standard InChI is InChI=1S/C3BrF5O/c4-3(8,9)2(6,7)1(5)10. The third-order valence-corrected chi connectivity index (χ3v) is 1.10. The van der Waals surface area contributed by atoms with E-state index in [1.54, 1.807) is 0 Å². The highest BCUT2D eigenvalue weighted by Gasteiger charge is 2.61. The summed E-state index contributed by atoms with van der Waals surface area (Å²) in [6, 6.07) is -3.37. The molecule has 60 valence electrons. The molecule has 0 aromatic carbocycles. The Kier molecular flexibility index (Phi) is 2.40. The van der Waals surface area contributed by atoms with Crippen LogP contribution in [-0.2, 0) is 4.79 Å². The maximum absolute atomic E-state index is 11.5. The van der Waals surface area contributed by atoms with E-state index in [1.165, 1.54) is 0 Å². The first-order valence-electron chi connectivity index (χ1n) is 1.84. The van der Waals surface area contributed by atoms with Gasteiger partial charge in [0.15, 0.2) is 0 Å². The Morgan fingerprint density at radius 1 is 1.20 bits per heavy atom. The molecule has 0 radical (unpaired) electrons. The van der Waals surface area contributed by atoms with Gasteiger partial charge in [-0.2, -0.15) is 22.0 Å². The molecule has 0 aromatic heterocycles. The van der Waals surface area contributed by atoms with Crippen molar-refractivity contribution in [1.82, 2.24) is 0 Å². The van der Waals surface area contributed by atoms with Gasteiger partial charge in [-0.05, 0) is 15.9 Å². The molecule has 0 amide bonds. The normalized spacial score (nSPS) is 13.4. The molecule has 7 heteroatoms. The maximum Gasteiger partial charge on any atom is 0.408 e. The number of carbonyl (C=O) groups excluding carboxylic acids is 1. The molecule has 0 aliphatic carbocycles. The molecule has 0 spiro atoms. The summed E-state index contributed by atoms with van der Waals surface area (Å²) >= 11 is 1.16. The predicted molar refractivity (Wildman–Crippen MR) is 24.9 cm³/mol. The quantitative estimate of drug-likeness (QED) is 0.401. The minimum absolute atomic E-state index is 1.16. The van der Waals surface area contributed by atoms with E-state index in [4.69, 9.17) is 0 Å². The molecule has 0 heterocycles. The van der Waals surface area contributed by atoms with Crippen LogP contribution in [0.5, 0.6) is 0 Å². The van der Waals surface area contributed by atoms with Crippen molar-refractivity contribution >= 4 is 22.0 Å². The Balaban J connectivity index is 4.57. The fourth-order valence-corrected chi connectivity index (χ4v) is 0.267. The van der Waals surface area contributed by atoms with Gasteiger partial charge >= 0.3 is 16.8 Å². The molecule has 0 aliphatic heterocycles. The molecule has 10 heavy (non-hydrogen) atoms. The van der Waals surface area contributed by atoms with Crippen LogP contribution < -0.4 is 0 Å². The van der Waals surface area contributed by atoms with Crippen molar-refractivity contribution in [3.05, 3.63) is 0 Å². The smallest absolute Gasteiger partial charge is 0.254 e. The summed E-state index contributed by atoms with van der Waals surface area (Å²) in [4.78, 5) is 4.36. The lowest BCUT2D eigenvalue weighted by atomic mass is 10.4. The summed E-state index contributed by atoms with van der Waals surface area (Å²) in [7, 11) is 0. The zero-order chi connectivity index (χ0) is 8.58. The van der Waals surface area contributed by atoms with Gasteiger partial charge in [0.05, 0.1) is 0 Å². The largest absolute Gasteiger partial charge is 0.408 e. The molecular weight excluding hydrogens is 227 g/mol. The fourth-order valence-electron chi connectivity index (χ4n) is 0.111. The Labute approximate surface area is 60.3 Å². The summed E-state index contributed by atoms with van der Waals surface area (Å²) in [6.45, 7) is 0. The molecular formula is C3BrF5O. The first-order chi connectivity index (χ1) is 4.19. The van der Waals surface area contributed by atoms with Crippen LogP contribution >= 0.6 is 15.9 Å². The summed E-state index contributed by atoms with van der Waals surface area (Å²) < 4.78 is 57.1. The Morgan fingerprint density at radius 3 is 1.50 bits per heavy atom. The van der Waals surface area contributed by atoms with Crippen molar-refractivity contribution in [2.45, 2.75) is 10.8 Å². The van der Waals surface area contributed by atoms with Crippen LogP contribution in [-0.4, -0.2) is 16.8 Å². The number of alkyl halides is 5. The molecule has 0 atom stereocenters. The lowest BCUT2D eigenvalue weighted by Gasteiger charge is -2.15. The third-order valence-electron chi connectivity index (χ3n) is 0.603. The van der Waals surface area contributed by atoms with Crippen LogP contribution in [0.1, 0.15) is 0 Å². The van der Waals surface area contributed by atoms with Crippen LogP contribution in [0.15, 0.2) is 0 Å². The van der Waals surface area contributed by atoms with Gasteiger partial charge in [-0.3, -0.25) is 4.79 Å². The van der Waals surface area contributed by atoms with Crippen molar-refractivity contribution in [2.75, 3.05) is 0 Å². The van der Waals surface area contributed by atoms with E-state index in [0.29, 0.717) is 0 Å². The molecule has 0 saturated carbocycles. The Hall–Kier alpha value is -0.200. The molecule has 0 aliphatic rings. The second-order valence-electron chi connectivity index (χ2n) is 1.35. The second-order valence-corrected chi connectivity index (χ2v) is 2.34. The van der Waals surface area contributed by atoms with Crippen molar-refractivity contribution in [2.24, 2.45) is 0 Å². The monoisotopic (exact) mass is 226 g/mol. The minimum Gasteiger partial charge on any atom is -0.254 e. The molecule has 0 N–H and O–H groups in total. The highest BCUT2D eigenvalue weighted by atomic mass is 79.9. The summed E-state index contributed by atoms with van der Waals surface area (Å²) in [5.74, 6) is -5.28. The fraction of sp³-hybridized carbons (Fsp3) is 0.667. The van der Waals surface area contributed by atoms with E-state index in [2.05, 4.69) is 0 Å².